The van der Waals surface area contributed by atoms with Gasteiger partial charge in [-0.25, -0.2) is 9.97 Å². The lowest BCUT2D eigenvalue weighted by Crippen LogP contribution is -2.32. The second kappa shape index (κ2) is 4.49. The summed E-state index contributed by atoms with van der Waals surface area (Å²) in [6, 6.07) is 0.0100. The summed E-state index contributed by atoms with van der Waals surface area (Å²) in [5, 5.41) is 14.0. The van der Waals surface area contributed by atoms with Crippen molar-refractivity contribution in [1.82, 2.24) is 19.7 Å². The number of carboxylic acids is 1. The molecule has 3 heterocycles. The highest BCUT2D eigenvalue weighted by molar-refractivity contribution is 5.87. The molecule has 0 aromatic carbocycles. The van der Waals surface area contributed by atoms with E-state index in [0.29, 0.717) is 0 Å². The molecule has 1 aliphatic rings. The van der Waals surface area contributed by atoms with Crippen LogP contribution >= 0.6 is 0 Å². The fraction of sp³-hybridized carbons (Fsp3) is 0.500. The Balaban J connectivity index is 2.01. The van der Waals surface area contributed by atoms with E-state index < -0.39 is 5.97 Å². The van der Waals surface area contributed by atoms with E-state index in [0.717, 1.165) is 36.2 Å². The fourth-order valence-electron chi connectivity index (χ4n) is 2.71. The topological polar surface area (TPSA) is 84.1 Å². The zero-order valence-corrected chi connectivity index (χ0v) is 10.7. The number of aromatic nitrogens is 4. The van der Waals surface area contributed by atoms with Crippen LogP contribution < -0.4 is 4.90 Å². The summed E-state index contributed by atoms with van der Waals surface area (Å²) in [4.78, 5) is 21.5. The van der Waals surface area contributed by atoms with Crippen LogP contribution in [0.5, 0.6) is 0 Å². The van der Waals surface area contributed by atoms with Crippen LogP contribution in [0.3, 0.4) is 0 Å². The number of anilines is 1. The molecule has 2 aromatic heterocycles. The van der Waals surface area contributed by atoms with Gasteiger partial charge in [0.05, 0.1) is 18.0 Å². The van der Waals surface area contributed by atoms with Crippen LogP contribution in [0, 0.1) is 0 Å². The Bertz CT molecular complexity index is 624. The summed E-state index contributed by atoms with van der Waals surface area (Å²) in [6.07, 6.45) is 5.27. The van der Waals surface area contributed by atoms with Gasteiger partial charge in [0.1, 0.15) is 12.1 Å². The predicted octanol–water partition coefficient (Wildman–Crippen LogP) is 0.807. The zero-order chi connectivity index (χ0) is 13.4. The maximum absolute atomic E-state index is 10.9. The van der Waals surface area contributed by atoms with Crippen LogP contribution in [0.15, 0.2) is 12.5 Å². The normalized spacial score (nSPS) is 19.2. The van der Waals surface area contributed by atoms with E-state index in [1.165, 1.54) is 6.33 Å². The van der Waals surface area contributed by atoms with Gasteiger partial charge in [-0.05, 0) is 12.8 Å². The lowest BCUT2D eigenvalue weighted by Gasteiger charge is -2.24. The number of fused-ring (bicyclic) bond motifs is 1. The molecule has 19 heavy (non-hydrogen) atoms. The summed E-state index contributed by atoms with van der Waals surface area (Å²) in [7, 11) is 1.83. The van der Waals surface area contributed by atoms with Crippen molar-refractivity contribution in [1.29, 1.82) is 0 Å². The van der Waals surface area contributed by atoms with E-state index in [2.05, 4.69) is 20.0 Å². The highest BCUT2D eigenvalue weighted by atomic mass is 16.4. The number of hydrogen-bond donors (Lipinski definition) is 1. The van der Waals surface area contributed by atoms with Gasteiger partial charge >= 0.3 is 5.97 Å². The molecule has 1 unspecified atom stereocenters. The van der Waals surface area contributed by atoms with E-state index in [1.807, 2.05) is 7.05 Å². The molecule has 0 spiro atoms. The number of aryl methyl sites for hydroxylation is 1. The van der Waals surface area contributed by atoms with Crippen molar-refractivity contribution in [3.63, 3.8) is 0 Å². The third-order valence-electron chi connectivity index (χ3n) is 3.57. The third-order valence-corrected chi connectivity index (χ3v) is 3.57. The molecule has 1 aliphatic heterocycles. The van der Waals surface area contributed by atoms with Crippen molar-refractivity contribution >= 4 is 22.8 Å². The van der Waals surface area contributed by atoms with Crippen molar-refractivity contribution in [2.75, 3.05) is 11.4 Å². The Morgan fingerprint density at radius 2 is 2.37 bits per heavy atom. The Morgan fingerprint density at radius 3 is 3.16 bits per heavy atom. The Hall–Kier alpha value is -2.18. The predicted molar refractivity (Wildman–Crippen MR) is 68.9 cm³/mol. The summed E-state index contributed by atoms with van der Waals surface area (Å²) in [6.45, 7) is 0.832. The van der Waals surface area contributed by atoms with Gasteiger partial charge in [0.2, 0.25) is 0 Å². The molecule has 1 fully saturated rings. The minimum absolute atomic E-state index is 0.0100. The van der Waals surface area contributed by atoms with Crippen molar-refractivity contribution in [3.8, 4) is 0 Å². The minimum Gasteiger partial charge on any atom is -0.481 e. The molecule has 2 aromatic rings. The Morgan fingerprint density at radius 1 is 1.53 bits per heavy atom. The highest BCUT2D eigenvalue weighted by Crippen LogP contribution is 2.30. The smallest absolute Gasteiger partial charge is 0.305 e. The molecule has 0 radical (unpaired) electrons. The average molecular weight is 261 g/mol. The molecule has 0 bridgehead atoms. The lowest BCUT2D eigenvalue weighted by molar-refractivity contribution is -0.137. The zero-order valence-electron chi connectivity index (χ0n) is 10.7. The molecule has 7 nitrogen and oxygen atoms in total. The third kappa shape index (κ3) is 2.00. The van der Waals surface area contributed by atoms with Crippen LogP contribution in [0.25, 0.3) is 11.0 Å². The molecule has 1 N–H and O–H groups in total. The van der Waals surface area contributed by atoms with E-state index in [4.69, 9.17) is 5.11 Å². The molecule has 3 rings (SSSR count). The van der Waals surface area contributed by atoms with Crippen LogP contribution in [-0.4, -0.2) is 43.4 Å². The Kier molecular flexibility index (Phi) is 2.81. The molecule has 1 atom stereocenters. The van der Waals surface area contributed by atoms with Gasteiger partial charge in [-0.2, -0.15) is 5.10 Å². The molecule has 100 valence electrons. The molecular formula is C12H15N5O2. The van der Waals surface area contributed by atoms with Gasteiger partial charge in [-0.3, -0.25) is 9.48 Å². The minimum atomic E-state index is -0.770. The number of rotatable bonds is 3. The second-order valence-corrected chi connectivity index (χ2v) is 4.79. The Labute approximate surface area is 109 Å². The average Bonchev–Trinajstić information content (AvgIpc) is 2.96. The summed E-state index contributed by atoms with van der Waals surface area (Å²) >= 11 is 0. The van der Waals surface area contributed by atoms with Gasteiger partial charge in [-0.1, -0.05) is 0 Å². The van der Waals surface area contributed by atoms with Crippen molar-refractivity contribution in [2.45, 2.75) is 25.3 Å². The largest absolute Gasteiger partial charge is 0.481 e. The SMILES string of the molecule is Cn1ncc2c(N3CCCC3CC(=O)O)ncnc21. The van der Waals surface area contributed by atoms with E-state index in [-0.39, 0.29) is 12.5 Å². The first-order chi connectivity index (χ1) is 9.16. The van der Waals surface area contributed by atoms with Crippen molar-refractivity contribution < 1.29 is 9.90 Å². The maximum atomic E-state index is 10.9. The first-order valence-electron chi connectivity index (χ1n) is 6.28. The molecule has 0 amide bonds. The summed E-state index contributed by atoms with van der Waals surface area (Å²) < 4.78 is 1.70. The number of carboxylic acid groups (broad SMARTS) is 1. The van der Waals surface area contributed by atoms with Crippen molar-refractivity contribution in [2.24, 2.45) is 7.05 Å². The molecule has 1 saturated heterocycles. The van der Waals surface area contributed by atoms with Gasteiger partial charge < -0.3 is 10.0 Å². The van der Waals surface area contributed by atoms with E-state index in [9.17, 15) is 4.79 Å². The number of nitrogens with zero attached hydrogens (tertiary/aromatic N) is 5. The highest BCUT2D eigenvalue weighted by Gasteiger charge is 2.29. The van der Waals surface area contributed by atoms with Crippen LogP contribution in [-0.2, 0) is 11.8 Å². The van der Waals surface area contributed by atoms with Gasteiger partial charge in [0.25, 0.3) is 0 Å². The summed E-state index contributed by atoms with van der Waals surface area (Å²) in [5.41, 5.74) is 0.769. The molecular weight excluding hydrogens is 246 g/mol. The lowest BCUT2D eigenvalue weighted by atomic mass is 10.1. The van der Waals surface area contributed by atoms with Crippen molar-refractivity contribution in [3.05, 3.63) is 12.5 Å². The number of carbonyl (C=O) groups is 1. The van der Waals surface area contributed by atoms with Crippen LogP contribution in [0.4, 0.5) is 5.82 Å². The monoisotopic (exact) mass is 261 g/mol. The first kappa shape index (κ1) is 11.9. The second-order valence-electron chi connectivity index (χ2n) is 4.79. The maximum Gasteiger partial charge on any atom is 0.305 e. The van der Waals surface area contributed by atoms with E-state index in [1.54, 1.807) is 10.9 Å². The van der Waals surface area contributed by atoms with Crippen LogP contribution in [0.1, 0.15) is 19.3 Å². The summed E-state index contributed by atoms with van der Waals surface area (Å²) in [5.74, 6) is 0.0234. The molecule has 0 saturated carbocycles. The van der Waals surface area contributed by atoms with Gasteiger partial charge in [0.15, 0.2) is 5.65 Å². The number of aliphatic carboxylic acids is 1. The molecule has 7 heteroatoms. The van der Waals surface area contributed by atoms with Gasteiger partial charge in [-0.15, -0.1) is 0 Å². The van der Waals surface area contributed by atoms with E-state index >= 15 is 0 Å². The first-order valence-corrected chi connectivity index (χ1v) is 6.28. The fourth-order valence-corrected chi connectivity index (χ4v) is 2.71. The quantitative estimate of drug-likeness (QED) is 0.880. The van der Waals surface area contributed by atoms with Crippen LogP contribution in [0.2, 0.25) is 0 Å². The number of hydrogen-bond acceptors (Lipinski definition) is 5. The molecule has 0 aliphatic carbocycles. The standard InChI is InChI=1S/C12H15N5O2/c1-16-11-9(6-15-16)12(14-7-13-11)17-4-2-3-8(17)5-10(18)19/h6-8H,2-5H2,1H3,(H,18,19). The van der Waals surface area contributed by atoms with Gasteiger partial charge in [0, 0.05) is 19.6 Å².